The van der Waals surface area contributed by atoms with Crippen LogP contribution in [-0.4, -0.2) is 18.8 Å². The lowest BCUT2D eigenvalue weighted by molar-refractivity contribution is 0.0809. The molecule has 0 spiro atoms. The SMILES string of the molecule is Cc1ccc(CNC2CCOC2C2CC2)c(C)c1. The topological polar surface area (TPSA) is 21.3 Å². The lowest BCUT2D eigenvalue weighted by Gasteiger charge is -2.20. The van der Waals surface area contributed by atoms with E-state index >= 15 is 0 Å². The van der Waals surface area contributed by atoms with Crippen LogP contribution in [0.15, 0.2) is 18.2 Å². The maximum Gasteiger partial charge on any atom is 0.0757 e. The molecule has 2 fully saturated rings. The van der Waals surface area contributed by atoms with E-state index in [1.807, 2.05) is 0 Å². The molecule has 1 aromatic carbocycles. The molecule has 2 atom stereocenters. The fourth-order valence-corrected chi connectivity index (χ4v) is 3.00. The molecule has 3 rings (SSSR count). The third kappa shape index (κ3) is 2.60. The van der Waals surface area contributed by atoms with E-state index in [0.717, 1.165) is 19.1 Å². The fourth-order valence-electron chi connectivity index (χ4n) is 3.00. The standard InChI is InChI=1S/C16H23NO/c1-11-3-4-14(12(2)9-11)10-17-15-7-8-18-16(15)13-5-6-13/h3-4,9,13,15-17H,5-8,10H2,1-2H3. The highest BCUT2D eigenvalue weighted by Gasteiger charge is 2.40. The van der Waals surface area contributed by atoms with Gasteiger partial charge in [-0.15, -0.1) is 0 Å². The van der Waals surface area contributed by atoms with E-state index in [1.165, 1.54) is 36.0 Å². The van der Waals surface area contributed by atoms with Gasteiger partial charge in [-0.2, -0.15) is 0 Å². The molecular formula is C16H23NO. The van der Waals surface area contributed by atoms with Crippen molar-refractivity contribution in [3.63, 3.8) is 0 Å². The average Bonchev–Trinajstić information content (AvgIpc) is 3.08. The zero-order chi connectivity index (χ0) is 12.5. The van der Waals surface area contributed by atoms with E-state index in [0.29, 0.717) is 12.1 Å². The summed E-state index contributed by atoms with van der Waals surface area (Å²) in [7, 11) is 0. The summed E-state index contributed by atoms with van der Waals surface area (Å²) in [5.41, 5.74) is 4.16. The largest absolute Gasteiger partial charge is 0.376 e. The second-order valence-corrected chi connectivity index (χ2v) is 5.88. The Kier molecular flexibility index (Phi) is 3.40. The summed E-state index contributed by atoms with van der Waals surface area (Å²) >= 11 is 0. The first-order valence-electron chi connectivity index (χ1n) is 7.15. The first-order valence-corrected chi connectivity index (χ1v) is 7.15. The maximum absolute atomic E-state index is 5.86. The molecule has 98 valence electrons. The van der Waals surface area contributed by atoms with E-state index in [4.69, 9.17) is 4.74 Å². The van der Waals surface area contributed by atoms with Gasteiger partial charge in [-0.3, -0.25) is 0 Å². The van der Waals surface area contributed by atoms with Crippen molar-refractivity contribution >= 4 is 0 Å². The van der Waals surface area contributed by atoms with Crippen molar-refractivity contribution in [1.82, 2.24) is 5.32 Å². The summed E-state index contributed by atoms with van der Waals surface area (Å²) in [5, 5.41) is 3.70. The third-order valence-corrected chi connectivity index (χ3v) is 4.28. The second kappa shape index (κ2) is 5.02. The highest BCUT2D eigenvalue weighted by atomic mass is 16.5. The molecule has 0 radical (unpaired) electrons. The number of aryl methyl sites for hydroxylation is 2. The fraction of sp³-hybridized carbons (Fsp3) is 0.625. The number of nitrogens with one attached hydrogen (secondary N) is 1. The molecule has 0 amide bonds. The average molecular weight is 245 g/mol. The van der Waals surface area contributed by atoms with Gasteiger partial charge < -0.3 is 10.1 Å². The molecule has 1 heterocycles. The number of ether oxygens (including phenoxy) is 1. The van der Waals surface area contributed by atoms with Gasteiger partial charge in [-0.1, -0.05) is 23.8 Å². The minimum absolute atomic E-state index is 0.482. The van der Waals surface area contributed by atoms with Crippen LogP contribution >= 0.6 is 0 Å². The minimum Gasteiger partial charge on any atom is -0.376 e. The van der Waals surface area contributed by atoms with Crippen molar-refractivity contribution < 1.29 is 4.74 Å². The summed E-state index contributed by atoms with van der Waals surface area (Å²) in [6, 6.07) is 7.28. The highest BCUT2D eigenvalue weighted by Crippen LogP contribution is 2.38. The minimum atomic E-state index is 0.482. The van der Waals surface area contributed by atoms with Crippen LogP contribution in [-0.2, 0) is 11.3 Å². The van der Waals surface area contributed by atoms with E-state index in [-0.39, 0.29) is 0 Å². The Morgan fingerprint density at radius 1 is 1.22 bits per heavy atom. The van der Waals surface area contributed by atoms with E-state index in [9.17, 15) is 0 Å². The lowest BCUT2D eigenvalue weighted by atomic mass is 10.0. The molecule has 2 nitrogen and oxygen atoms in total. The molecular weight excluding hydrogens is 222 g/mol. The Balaban J connectivity index is 1.60. The van der Waals surface area contributed by atoms with Crippen LogP contribution in [0.2, 0.25) is 0 Å². The maximum atomic E-state index is 5.86. The molecule has 1 N–H and O–H groups in total. The van der Waals surface area contributed by atoms with Gasteiger partial charge in [0.05, 0.1) is 6.10 Å². The van der Waals surface area contributed by atoms with Crippen molar-refractivity contribution in [3.05, 3.63) is 34.9 Å². The zero-order valence-corrected chi connectivity index (χ0v) is 11.4. The molecule has 2 heteroatoms. The second-order valence-electron chi connectivity index (χ2n) is 5.88. The van der Waals surface area contributed by atoms with Crippen LogP contribution < -0.4 is 5.32 Å². The predicted molar refractivity (Wildman–Crippen MR) is 73.6 cm³/mol. The molecule has 1 saturated heterocycles. The molecule has 18 heavy (non-hydrogen) atoms. The Bertz CT molecular complexity index is 425. The van der Waals surface area contributed by atoms with Crippen LogP contribution in [0.4, 0.5) is 0 Å². The molecule has 1 aromatic rings. The van der Waals surface area contributed by atoms with Crippen molar-refractivity contribution in [2.24, 2.45) is 5.92 Å². The van der Waals surface area contributed by atoms with Gasteiger partial charge in [0.25, 0.3) is 0 Å². The predicted octanol–water partition coefficient (Wildman–Crippen LogP) is 2.96. The monoisotopic (exact) mass is 245 g/mol. The van der Waals surface area contributed by atoms with Crippen LogP contribution in [0.5, 0.6) is 0 Å². The number of benzene rings is 1. The number of hydrogen-bond acceptors (Lipinski definition) is 2. The lowest BCUT2D eigenvalue weighted by Crippen LogP contribution is -2.37. The highest BCUT2D eigenvalue weighted by molar-refractivity contribution is 5.30. The van der Waals surface area contributed by atoms with Gasteiger partial charge in [-0.25, -0.2) is 0 Å². The van der Waals surface area contributed by atoms with Gasteiger partial charge in [0.2, 0.25) is 0 Å². The van der Waals surface area contributed by atoms with Crippen molar-refractivity contribution in [1.29, 1.82) is 0 Å². The van der Waals surface area contributed by atoms with Crippen molar-refractivity contribution in [2.45, 2.75) is 51.8 Å². The van der Waals surface area contributed by atoms with Gasteiger partial charge in [0.1, 0.15) is 0 Å². The third-order valence-electron chi connectivity index (χ3n) is 4.28. The Hall–Kier alpha value is -0.860. The van der Waals surface area contributed by atoms with Crippen LogP contribution in [0.3, 0.4) is 0 Å². The molecule has 1 aliphatic heterocycles. The summed E-state index contributed by atoms with van der Waals surface area (Å²) in [6.07, 6.45) is 4.39. The molecule has 1 saturated carbocycles. The Morgan fingerprint density at radius 3 is 2.78 bits per heavy atom. The van der Waals surface area contributed by atoms with E-state index in [1.54, 1.807) is 0 Å². The Labute approximate surface area is 110 Å². The van der Waals surface area contributed by atoms with E-state index in [2.05, 4.69) is 37.4 Å². The summed E-state index contributed by atoms with van der Waals surface area (Å²) in [6.45, 7) is 6.26. The molecule has 2 aliphatic rings. The Morgan fingerprint density at radius 2 is 2.06 bits per heavy atom. The van der Waals surface area contributed by atoms with Gasteiger partial charge >= 0.3 is 0 Å². The molecule has 0 bridgehead atoms. The normalized spacial score (nSPS) is 27.7. The molecule has 2 unspecified atom stereocenters. The van der Waals surface area contributed by atoms with Crippen LogP contribution in [0.25, 0.3) is 0 Å². The van der Waals surface area contributed by atoms with Crippen molar-refractivity contribution in [2.75, 3.05) is 6.61 Å². The van der Waals surface area contributed by atoms with Gasteiger partial charge in [0.15, 0.2) is 0 Å². The number of hydrogen-bond donors (Lipinski definition) is 1. The molecule has 0 aromatic heterocycles. The van der Waals surface area contributed by atoms with Crippen LogP contribution in [0, 0.1) is 19.8 Å². The summed E-state index contributed by atoms with van der Waals surface area (Å²) < 4.78 is 5.86. The van der Waals surface area contributed by atoms with Gasteiger partial charge in [0, 0.05) is 19.2 Å². The summed E-state index contributed by atoms with van der Waals surface area (Å²) in [4.78, 5) is 0. The quantitative estimate of drug-likeness (QED) is 0.880. The zero-order valence-electron chi connectivity index (χ0n) is 11.4. The summed E-state index contributed by atoms with van der Waals surface area (Å²) in [5.74, 6) is 0.837. The number of rotatable bonds is 4. The first kappa shape index (κ1) is 12.2. The van der Waals surface area contributed by atoms with Gasteiger partial charge in [-0.05, 0) is 50.2 Å². The van der Waals surface area contributed by atoms with E-state index < -0.39 is 0 Å². The smallest absolute Gasteiger partial charge is 0.0757 e. The molecule has 1 aliphatic carbocycles. The van der Waals surface area contributed by atoms with Crippen LogP contribution in [0.1, 0.15) is 36.0 Å². The first-order chi connectivity index (χ1) is 8.74. The van der Waals surface area contributed by atoms with Crippen molar-refractivity contribution in [3.8, 4) is 0 Å².